The lowest BCUT2D eigenvalue weighted by molar-refractivity contribution is -0.128. The number of ether oxygens (including phenoxy) is 2. The first kappa shape index (κ1) is 16.0. The van der Waals surface area contributed by atoms with Gasteiger partial charge in [0.2, 0.25) is 5.91 Å². The number of benzene rings is 1. The number of methoxy groups -OCH3 is 2. The van der Waals surface area contributed by atoms with Crippen molar-refractivity contribution in [2.75, 3.05) is 33.1 Å². The lowest BCUT2D eigenvalue weighted by atomic mass is 10.3. The lowest BCUT2D eigenvalue weighted by Gasteiger charge is -2.22. The van der Waals surface area contributed by atoms with Crippen LogP contribution in [0.2, 0.25) is 0 Å². The molecular weight excluding hydrogens is 312 g/mol. The summed E-state index contributed by atoms with van der Waals surface area (Å²) in [6, 6.07) is 9.97. The largest absolute Gasteiger partial charge is 0.497 e. The molecule has 1 fully saturated rings. The first-order chi connectivity index (χ1) is 11.2. The van der Waals surface area contributed by atoms with Gasteiger partial charge in [0.15, 0.2) is 0 Å². The molecule has 0 unspecified atom stereocenters. The molecule has 3 rings (SSSR count). The van der Waals surface area contributed by atoms with Gasteiger partial charge in [0.1, 0.15) is 11.1 Å². The van der Waals surface area contributed by atoms with Gasteiger partial charge in [-0.05, 0) is 18.2 Å². The van der Waals surface area contributed by atoms with Crippen molar-refractivity contribution in [2.24, 2.45) is 0 Å². The van der Waals surface area contributed by atoms with Crippen LogP contribution in [-0.2, 0) is 9.53 Å². The summed E-state index contributed by atoms with van der Waals surface area (Å²) in [4.78, 5) is 13.9. The minimum Gasteiger partial charge on any atom is -0.497 e. The zero-order valence-corrected chi connectivity index (χ0v) is 14.1. The fourth-order valence-corrected chi connectivity index (χ4v) is 3.85. The van der Waals surface area contributed by atoms with Crippen LogP contribution in [0.3, 0.4) is 0 Å². The summed E-state index contributed by atoms with van der Waals surface area (Å²) in [6.45, 7) is 1.18. The van der Waals surface area contributed by atoms with Crippen molar-refractivity contribution < 1.29 is 14.3 Å². The van der Waals surface area contributed by atoms with Crippen LogP contribution in [0.4, 0.5) is 0 Å². The van der Waals surface area contributed by atoms with Crippen molar-refractivity contribution in [3.8, 4) is 11.4 Å². The van der Waals surface area contributed by atoms with Gasteiger partial charge in [-0.1, -0.05) is 6.07 Å². The van der Waals surface area contributed by atoms with Gasteiger partial charge in [0.25, 0.3) is 0 Å². The molecule has 0 N–H and O–H groups in total. The molecule has 0 saturated carbocycles. The highest BCUT2D eigenvalue weighted by Gasteiger charge is 2.32. The van der Waals surface area contributed by atoms with Crippen molar-refractivity contribution >= 4 is 17.7 Å². The van der Waals surface area contributed by atoms with Crippen LogP contribution in [0.25, 0.3) is 5.69 Å². The lowest BCUT2D eigenvalue weighted by Crippen LogP contribution is -2.31. The first-order valence-electron chi connectivity index (χ1n) is 7.45. The predicted molar refractivity (Wildman–Crippen MR) is 91.1 cm³/mol. The molecule has 0 bridgehead atoms. The number of carbonyl (C=O) groups is 1. The topological polar surface area (TPSA) is 43.7 Å². The van der Waals surface area contributed by atoms with E-state index in [0.717, 1.165) is 17.0 Å². The Balaban J connectivity index is 1.82. The third kappa shape index (κ3) is 3.38. The Kier molecular flexibility index (Phi) is 4.93. The van der Waals surface area contributed by atoms with Crippen LogP contribution >= 0.6 is 11.8 Å². The molecular formula is C17H20N2O3S. The third-order valence-corrected chi connectivity index (χ3v) is 5.11. The summed E-state index contributed by atoms with van der Waals surface area (Å²) in [6.07, 6.45) is 4.09. The number of nitrogens with zero attached hydrogens (tertiary/aromatic N) is 2. The second-order valence-electron chi connectivity index (χ2n) is 5.30. The van der Waals surface area contributed by atoms with Crippen molar-refractivity contribution in [1.82, 2.24) is 9.47 Å². The molecule has 0 radical (unpaired) electrons. The van der Waals surface area contributed by atoms with E-state index >= 15 is 0 Å². The van der Waals surface area contributed by atoms with Crippen molar-refractivity contribution in [3.05, 3.63) is 48.3 Å². The van der Waals surface area contributed by atoms with Gasteiger partial charge in [0.05, 0.1) is 19.5 Å². The molecule has 1 aliphatic heterocycles. The van der Waals surface area contributed by atoms with E-state index in [1.807, 2.05) is 35.4 Å². The predicted octanol–water partition coefficient (Wildman–Crippen LogP) is 2.71. The third-order valence-electron chi connectivity index (χ3n) is 3.86. The average Bonchev–Trinajstić information content (AvgIpc) is 3.20. The van der Waals surface area contributed by atoms with E-state index in [0.29, 0.717) is 18.9 Å². The monoisotopic (exact) mass is 332 g/mol. The van der Waals surface area contributed by atoms with Crippen LogP contribution in [-0.4, -0.2) is 48.5 Å². The summed E-state index contributed by atoms with van der Waals surface area (Å²) in [7, 11) is 3.32. The fraction of sp³-hybridized carbons (Fsp3) is 0.353. The molecule has 2 aromatic rings. The standard InChI is InChI=1S/C17H20N2O3S/c1-21-9-8-19-16(20)12-23-17(19)13-6-7-18(11-13)14-4-3-5-15(10-14)22-2/h3-7,10-11,17H,8-9,12H2,1-2H3/t17-/m1/s1. The van der Waals surface area contributed by atoms with Gasteiger partial charge in [0, 0.05) is 43.4 Å². The molecule has 23 heavy (non-hydrogen) atoms. The molecule has 2 heterocycles. The normalized spacial score (nSPS) is 17.7. The SMILES string of the molecule is COCCN1C(=O)CS[C@@H]1c1ccn(-c2cccc(OC)c2)c1. The van der Waals surface area contributed by atoms with Crippen LogP contribution in [0.1, 0.15) is 10.9 Å². The molecule has 1 saturated heterocycles. The molecule has 1 aromatic carbocycles. The second-order valence-corrected chi connectivity index (χ2v) is 6.37. The zero-order chi connectivity index (χ0) is 16.2. The first-order valence-corrected chi connectivity index (χ1v) is 8.50. The van der Waals surface area contributed by atoms with E-state index in [-0.39, 0.29) is 11.3 Å². The Morgan fingerprint density at radius 2 is 2.17 bits per heavy atom. The summed E-state index contributed by atoms with van der Waals surface area (Å²) >= 11 is 1.66. The zero-order valence-electron chi connectivity index (χ0n) is 13.3. The van der Waals surface area contributed by atoms with E-state index < -0.39 is 0 Å². The molecule has 1 aliphatic rings. The van der Waals surface area contributed by atoms with Crippen molar-refractivity contribution in [2.45, 2.75) is 5.37 Å². The van der Waals surface area contributed by atoms with Crippen molar-refractivity contribution in [1.29, 1.82) is 0 Å². The number of aromatic nitrogens is 1. The quantitative estimate of drug-likeness (QED) is 0.816. The smallest absolute Gasteiger partial charge is 0.233 e. The molecule has 6 heteroatoms. The van der Waals surface area contributed by atoms with E-state index in [9.17, 15) is 4.79 Å². The molecule has 1 amide bonds. The number of hydrogen-bond donors (Lipinski definition) is 0. The summed E-state index contributed by atoms with van der Waals surface area (Å²) < 4.78 is 12.4. The number of thioether (sulfide) groups is 1. The summed E-state index contributed by atoms with van der Waals surface area (Å²) in [5.41, 5.74) is 2.16. The van der Waals surface area contributed by atoms with E-state index in [2.05, 4.69) is 16.8 Å². The van der Waals surface area contributed by atoms with Crippen molar-refractivity contribution in [3.63, 3.8) is 0 Å². The molecule has 122 valence electrons. The Bertz CT molecular complexity index is 686. The van der Waals surface area contributed by atoms with Gasteiger partial charge in [-0.3, -0.25) is 4.79 Å². The van der Waals surface area contributed by atoms with E-state index in [1.165, 1.54) is 0 Å². The Labute approximate surface area is 140 Å². The maximum Gasteiger partial charge on any atom is 0.233 e. The van der Waals surface area contributed by atoms with Gasteiger partial charge in [-0.2, -0.15) is 0 Å². The number of carbonyl (C=O) groups excluding carboxylic acids is 1. The maximum absolute atomic E-state index is 12.1. The number of hydrogen-bond acceptors (Lipinski definition) is 4. The Morgan fingerprint density at radius 3 is 2.96 bits per heavy atom. The Hall–Kier alpha value is -1.92. The van der Waals surface area contributed by atoms with E-state index in [1.54, 1.807) is 26.0 Å². The van der Waals surface area contributed by atoms with Crippen LogP contribution in [0.5, 0.6) is 5.75 Å². The van der Waals surface area contributed by atoms with Crippen LogP contribution in [0.15, 0.2) is 42.7 Å². The van der Waals surface area contributed by atoms with Crippen LogP contribution < -0.4 is 4.74 Å². The number of rotatable bonds is 6. The van der Waals surface area contributed by atoms with Gasteiger partial charge in [-0.25, -0.2) is 0 Å². The maximum atomic E-state index is 12.1. The molecule has 5 nitrogen and oxygen atoms in total. The Morgan fingerprint density at radius 1 is 1.30 bits per heavy atom. The summed E-state index contributed by atoms with van der Waals surface area (Å²) in [5, 5.41) is 0.0597. The minimum atomic E-state index is 0.0597. The highest BCUT2D eigenvalue weighted by atomic mass is 32.2. The fourth-order valence-electron chi connectivity index (χ4n) is 2.65. The van der Waals surface area contributed by atoms with Gasteiger partial charge >= 0.3 is 0 Å². The number of amides is 1. The minimum absolute atomic E-state index is 0.0597. The highest BCUT2D eigenvalue weighted by molar-refractivity contribution is 8.00. The average molecular weight is 332 g/mol. The second kappa shape index (κ2) is 7.10. The summed E-state index contributed by atoms with van der Waals surface area (Å²) in [5.74, 6) is 1.52. The van der Waals surface area contributed by atoms with E-state index in [4.69, 9.17) is 9.47 Å². The molecule has 1 aromatic heterocycles. The highest BCUT2D eigenvalue weighted by Crippen LogP contribution is 2.38. The molecule has 0 aliphatic carbocycles. The molecule has 0 spiro atoms. The molecule has 1 atom stereocenters. The van der Waals surface area contributed by atoms with Crippen LogP contribution in [0, 0.1) is 0 Å². The van der Waals surface area contributed by atoms with Gasteiger partial charge in [-0.15, -0.1) is 11.8 Å². The van der Waals surface area contributed by atoms with Gasteiger partial charge < -0.3 is 18.9 Å².